The minimum Gasteiger partial charge on any atom is -0.388 e. The highest BCUT2D eigenvalue weighted by molar-refractivity contribution is 6.01. The summed E-state index contributed by atoms with van der Waals surface area (Å²) in [6.07, 6.45) is 1.24. The van der Waals surface area contributed by atoms with Gasteiger partial charge in [0, 0.05) is 18.5 Å². The predicted molar refractivity (Wildman–Crippen MR) is 103 cm³/mol. The largest absolute Gasteiger partial charge is 0.437 e. The SMILES string of the molecule is O=C(Cn1nc(-c2ccc(F)cc2)oc1=O)Nc1ccccc1N1CCCC1=O. The van der Waals surface area contributed by atoms with Crippen molar-refractivity contribution in [3.63, 3.8) is 0 Å². The van der Waals surface area contributed by atoms with Gasteiger partial charge in [-0.2, -0.15) is 4.68 Å². The van der Waals surface area contributed by atoms with Crippen molar-refractivity contribution in [2.75, 3.05) is 16.8 Å². The molecule has 2 heterocycles. The summed E-state index contributed by atoms with van der Waals surface area (Å²) in [5, 5.41) is 6.71. The molecule has 1 fully saturated rings. The van der Waals surface area contributed by atoms with Gasteiger partial charge in [-0.25, -0.2) is 9.18 Å². The molecule has 148 valence electrons. The summed E-state index contributed by atoms with van der Waals surface area (Å²) in [6, 6.07) is 12.3. The van der Waals surface area contributed by atoms with E-state index in [9.17, 15) is 18.8 Å². The number of carbonyl (C=O) groups excluding carboxylic acids is 2. The minimum absolute atomic E-state index is 0.00311. The number of benzene rings is 2. The number of hydrogen-bond acceptors (Lipinski definition) is 5. The Kier molecular flexibility index (Phi) is 4.94. The molecule has 4 rings (SSSR count). The maximum absolute atomic E-state index is 13.0. The Hall–Kier alpha value is -3.75. The summed E-state index contributed by atoms with van der Waals surface area (Å²) in [5.74, 6) is -1.73. The van der Waals surface area contributed by atoms with Crippen molar-refractivity contribution in [3.05, 3.63) is 64.9 Å². The number of nitrogens with one attached hydrogen (secondary N) is 1. The molecule has 0 saturated carbocycles. The lowest BCUT2D eigenvalue weighted by molar-refractivity contribution is -0.118. The van der Waals surface area contributed by atoms with Crippen LogP contribution in [0.25, 0.3) is 11.5 Å². The number of anilines is 2. The number of aromatic nitrogens is 2. The molecular formula is C20H17FN4O4. The van der Waals surface area contributed by atoms with Crippen LogP contribution in [0.2, 0.25) is 0 Å². The lowest BCUT2D eigenvalue weighted by atomic mass is 10.2. The molecule has 1 saturated heterocycles. The molecule has 2 aromatic carbocycles. The maximum atomic E-state index is 13.0. The van der Waals surface area contributed by atoms with Crippen molar-refractivity contribution in [3.8, 4) is 11.5 Å². The van der Waals surface area contributed by atoms with Crippen LogP contribution in [0.4, 0.5) is 15.8 Å². The number of carbonyl (C=O) groups is 2. The zero-order valence-electron chi connectivity index (χ0n) is 15.3. The Morgan fingerprint density at radius 1 is 1.14 bits per heavy atom. The monoisotopic (exact) mass is 396 g/mol. The summed E-state index contributed by atoms with van der Waals surface area (Å²) in [5.41, 5.74) is 1.51. The molecule has 1 aromatic heterocycles. The van der Waals surface area contributed by atoms with Crippen LogP contribution in [0.3, 0.4) is 0 Å². The van der Waals surface area contributed by atoms with E-state index in [0.29, 0.717) is 29.9 Å². The van der Waals surface area contributed by atoms with E-state index in [1.165, 1.54) is 24.3 Å². The molecule has 1 N–H and O–H groups in total. The van der Waals surface area contributed by atoms with Gasteiger partial charge in [0.05, 0.1) is 11.4 Å². The van der Waals surface area contributed by atoms with Crippen molar-refractivity contribution in [1.82, 2.24) is 9.78 Å². The lowest BCUT2D eigenvalue weighted by Gasteiger charge is -2.19. The van der Waals surface area contributed by atoms with Gasteiger partial charge in [-0.3, -0.25) is 9.59 Å². The van der Waals surface area contributed by atoms with Crippen molar-refractivity contribution in [2.45, 2.75) is 19.4 Å². The third kappa shape index (κ3) is 3.93. The summed E-state index contributed by atoms with van der Waals surface area (Å²) >= 11 is 0. The molecule has 2 amide bonds. The zero-order valence-corrected chi connectivity index (χ0v) is 15.3. The van der Waals surface area contributed by atoms with Gasteiger partial charge >= 0.3 is 5.76 Å². The Morgan fingerprint density at radius 2 is 1.90 bits per heavy atom. The fourth-order valence-electron chi connectivity index (χ4n) is 3.16. The van der Waals surface area contributed by atoms with E-state index in [1.54, 1.807) is 29.2 Å². The van der Waals surface area contributed by atoms with Crippen LogP contribution in [0.5, 0.6) is 0 Å². The van der Waals surface area contributed by atoms with Gasteiger partial charge in [0.1, 0.15) is 12.4 Å². The van der Waals surface area contributed by atoms with Crippen LogP contribution < -0.4 is 16.0 Å². The van der Waals surface area contributed by atoms with Crippen molar-refractivity contribution in [1.29, 1.82) is 0 Å². The molecule has 0 unspecified atom stereocenters. The molecular weight excluding hydrogens is 379 g/mol. The first-order valence-electron chi connectivity index (χ1n) is 9.04. The molecule has 0 spiro atoms. The molecule has 1 aliphatic heterocycles. The highest BCUT2D eigenvalue weighted by Crippen LogP contribution is 2.29. The Labute approximate surface area is 164 Å². The standard InChI is InChI=1S/C20H17FN4O4/c21-14-9-7-13(8-10-14)19-23-25(20(28)29-19)12-17(26)22-15-4-1-2-5-16(15)24-11-3-6-18(24)27/h1-2,4-5,7-10H,3,6,11-12H2,(H,22,26). The molecule has 0 bridgehead atoms. The quantitative estimate of drug-likeness (QED) is 0.714. The molecule has 0 radical (unpaired) electrons. The van der Waals surface area contributed by atoms with Gasteiger partial charge in [-0.15, -0.1) is 5.10 Å². The third-order valence-corrected chi connectivity index (χ3v) is 4.53. The number of amides is 2. The molecule has 8 nitrogen and oxygen atoms in total. The van der Waals surface area contributed by atoms with E-state index in [1.807, 2.05) is 0 Å². The Balaban J connectivity index is 1.51. The summed E-state index contributed by atoms with van der Waals surface area (Å²) in [7, 11) is 0. The van der Waals surface area contributed by atoms with Crippen LogP contribution >= 0.6 is 0 Å². The van der Waals surface area contributed by atoms with Crippen molar-refractivity contribution >= 4 is 23.2 Å². The van der Waals surface area contributed by atoms with E-state index in [-0.39, 0.29) is 18.3 Å². The molecule has 0 aliphatic carbocycles. The summed E-state index contributed by atoms with van der Waals surface area (Å²) in [4.78, 5) is 38.1. The predicted octanol–water partition coefficient (Wildman–Crippen LogP) is 2.41. The van der Waals surface area contributed by atoms with Gasteiger partial charge in [-0.05, 0) is 42.8 Å². The molecule has 9 heteroatoms. The summed E-state index contributed by atoms with van der Waals surface area (Å²) in [6.45, 7) is 0.224. The molecule has 29 heavy (non-hydrogen) atoms. The second kappa shape index (κ2) is 7.70. The fourth-order valence-corrected chi connectivity index (χ4v) is 3.16. The molecule has 3 aromatic rings. The fraction of sp³-hybridized carbons (Fsp3) is 0.200. The van der Waals surface area contributed by atoms with Crippen LogP contribution in [-0.4, -0.2) is 28.1 Å². The van der Waals surface area contributed by atoms with Gasteiger partial charge < -0.3 is 14.6 Å². The molecule has 1 aliphatic rings. The van der Waals surface area contributed by atoms with Crippen LogP contribution in [0, 0.1) is 5.82 Å². The second-order valence-corrected chi connectivity index (χ2v) is 6.55. The second-order valence-electron chi connectivity index (χ2n) is 6.55. The number of hydrogen-bond donors (Lipinski definition) is 1. The van der Waals surface area contributed by atoms with Crippen molar-refractivity contribution in [2.24, 2.45) is 0 Å². The summed E-state index contributed by atoms with van der Waals surface area (Å²) < 4.78 is 19.0. The van der Waals surface area contributed by atoms with Crippen molar-refractivity contribution < 1.29 is 18.4 Å². The van der Waals surface area contributed by atoms with Gasteiger partial charge in [0.2, 0.25) is 17.7 Å². The topological polar surface area (TPSA) is 97.4 Å². The maximum Gasteiger partial charge on any atom is 0.437 e. The molecule has 0 atom stereocenters. The number of para-hydroxylation sites is 2. The highest BCUT2D eigenvalue weighted by atomic mass is 19.1. The first-order chi connectivity index (χ1) is 14.0. The Bertz CT molecular complexity index is 1120. The number of nitrogens with zero attached hydrogens (tertiary/aromatic N) is 3. The van der Waals surface area contributed by atoms with E-state index < -0.39 is 17.5 Å². The first kappa shape index (κ1) is 18.6. The highest BCUT2D eigenvalue weighted by Gasteiger charge is 2.24. The van der Waals surface area contributed by atoms with Gasteiger partial charge in [0.25, 0.3) is 0 Å². The zero-order chi connectivity index (χ0) is 20.4. The lowest BCUT2D eigenvalue weighted by Crippen LogP contribution is -2.28. The average molecular weight is 396 g/mol. The van der Waals surface area contributed by atoms with Crippen LogP contribution in [0.1, 0.15) is 12.8 Å². The van der Waals surface area contributed by atoms with Gasteiger partial charge in [-0.1, -0.05) is 12.1 Å². The van der Waals surface area contributed by atoms with Crippen LogP contribution in [0.15, 0.2) is 57.7 Å². The van der Waals surface area contributed by atoms with E-state index >= 15 is 0 Å². The first-order valence-corrected chi connectivity index (χ1v) is 9.04. The average Bonchev–Trinajstić information content (AvgIpc) is 3.28. The van der Waals surface area contributed by atoms with Crippen LogP contribution in [-0.2, 0) is 16.1 Å². The van der Waals surface area contributed by atoms with E-state index in [4.69, 9.17) is 4.42 Å². The smallest absolute Gasteiger partial charge is 0.388 e. The minimum atomic E-state index is -0.803. The number of halogens is 1. The van der Waals surface area contributed by atoms with E-state index in [2.05, 4.69) is 10.4 Å². The van der Waals surface area contributed by atoms with E-state index in [0.717, 1.165) is 11.1 Å². The van der Waals surface area contributed by atoms with Gasteiger partial charge in [0.15, 0.2) is 0 Å². The normalized spacial score (nSPS) is 13.7. The Morgan fingerprint density at radius 3 is 2.62 bits per heavy atom. The third-order valence-electron chi connectivity index (χ3n) is 4.53. The number of rotatable bonds is 5.